The highest BCUT2D eigenvalue weighted by atomic mass is 35.5. The molecule has 0 spiro atoms. The molecule has 1 aliphatic rings. The number of rotatable bonds is 1. The predicted octanol–water partition coefficient (Wildman–Crippen LogP) is 1.50. The number of amides is 1. The maximum atomic E-state index is 10.5. The summed E-state index contributed by atoms with van der Waals surface area (Å²) in [5.74, 6) is 0. The lowest BCUT2D eigenvalue weighted by atomic mass is 10.1. The lowest BCUT2D eigenvalue weighted by molar-refractivity contribution is 0.0543. The minimum atomic E-state index is -0.990. The van der Waals surface area contributed by atoms with Crippen LogP contribution in [-0.2, 0) is 4.74 Å². The number of piperidine rings is 1. The third-order valence-electron chi connectivity index (χ3n) is 1.91. The van der Waals surface area contributed by atoms with Gasteiger partial charge in [0.05, 0.1) is 6.54 Å². The maximum Gasteiger partial charge on any atom is 0.407 e. The minimum absolute atomic E-state index is 0.216. The highest BCUT2D eigenvalue weighted by Gasteiger charge is 2.25. The molecule has 1 aliphatic heterocycles. The third-order valence-corrected chi connectivity index (χ3v) is 2.00. The first-order valence-electron chi connectivity index (χ1n) is 3.93. The molecule has 5 nitrogen and oxygen atoms in total. The highest BCUT2D eigenvalue weighted by molar-refractivity contribution is 6.61. The molecule has 1 fully saturated rings. The van der Waals surface area contributed by atoms with Gasteiger partial charge in [-0.2, -0.15) is 0 Å². The molecular weight excluding hydrogens is 198 g/mol. The molecule has 6 heteroatoms. The van der Waals surface area contributed by atoms with E-state index in [2.05, 4.69) is 0 Å². The molecule has 0 radical (unpaired) electrons. The van der Waals surface area contributed by atoms with E-state index in [9.17, 15) is 9.59 Å². The molecule has 1 heterocycles. The van der Waals surface area contributed by atoms with E-state index in [1.807, 2.05) is 0 Å². The lowest BCUT2D eigenvalue weighted by Gasteiger charge is -2.29. The average molecular weight is 208 g/mol. The molecule has 0 saturated carbocycles. The van der Waals surface area contributed by atoms with Crippen molar-refractivity contribution in [3.8, 4) is 0 Å². The third kappa shape index (κ3) is 3.10. The van der Waals surface area contributed by atoms with Gasteiger partial charge in [0.25, 0.3) is 0 Å². The van der Waals surface area contributed by atoms with Crippen molar-refractivity contribution in [2.45, 2.75) is 18.9 Å². The van der Waals surface area contributed by atoms with E-state index >= 15 is 0 Å². The first kappa shape index (κ1) is 10.1. The van der Waals surface area contributed by atoms with Crippen molar-refractivity contribution in [2.24, 2.45) is 0 Å². The monoisotopic (exact) mass is 207 g/mol. The Bertz CT molecular complexity index is 221. The zero-order valence-electron chi connectivity index (χ0n) is 6.90. The second-order valence-corrected chi connectivity index (χ2v) is 3.16. The molecule has 1 amide bonds. The van der Waals surface area contributed by atoms with Gasteiger partial charge in [-0.3, -0.25) is 0 Å². The summed E-state index contributed by atoms with van der Waals surface area (Å²) in [6, 6.07) is 0. The summed E-state index contributed by atoms with van der Waals surface area (Å²) in [5.41, 5.74) is -0.878. The van der Waals surface area contributed by atoms with Crippen LogP contribution in [-0.4, -0.2) is 40.7 Å². The quantitative estimate of drug-likeness (QED) is 0.662. The number of carboxylic acid groups (broad SMARTS) is 1. The van der Waals surface area contributed by atoms with E-state index in [1.165, 1.54) is 4.90 Å². The van der Waals surface area contributed by atoms with Crippen molar-refractivity contribution in [1.29, 1.82) is 0 Å². The summed E-state index contributed by atoms with van der Waals surface area (Å²) >= 11 is 5.01. The zero-order chi connectivity index (χ0) is 9.84. The van der Waals surface area contributed by atoms with Gasteiger partial charge in [0.1, 0.15) is 6.10 Å². The summed E-state index contributed by atoms with van der Waals surface area (Å²) in [6.07, 6.45) is -0.0196. The number of nitrogens with zero attached hydrogens (tertiary/aromatic N) is 1. The number of likely N-dealkylation sites (tertiary alicyclic amines) is 1. The van der Waals surface area contributed by atoms with Crippen molar-refractivity contribution >= 4 is 23.1 Å². The number of hydrogen-bond acceptors (Lipinski definition) is 3. The van der Waals surface area contributed by atoms with Crippen LogP contribution in [0, 0.1) is 0 Å². The van der Waals surface area contributed by atoms with Crippen LogP contribution in [0.15, 0.2) is 0 Å². The highest BCUT2D eigenvalue weighted by Crippen LogP contribution is 2.14. The van der Waals surface area contributed by atoms with Crippen LogP contribution in [0.3, 0.4) is 0 Å². The molecule has 0 aromatic rings. The van der Waals surface area contributed by atoms with Crippen LogP contribution in [0.1, 0.15) is 12.8 Å². The second kappa shape index (κ2) is 4.32. The minimum Gasteiger partial charge on any atom is -0.465 e. The van der Waals surface area contributed by atoms with E-state index in [0.717, 1.165) is 0 Å². The second-order valence-electron chi connectivity index (χ2n) is 2.85. The fraction of sp³-hybridized carbons (Fsp3) is 0.714. The first-order chi connectivity index (χ1) is 6.09. The number of carbonyl (C=O) groups excluding carboxylic acids is 1. The van der Waals surface area contributed by atoms with E-state index in [4.69, 9.17) is 21.4 Å². The molecule has 74 valence electrons. The Morgan fingerprint density at radius 1 is 1.54 bits per heavy atom. The average Bonchev–Trinajstić information content (AvgIpc) is 2.03. The van der Waals surface area contributed by atoms with Gasteiger partial charge in [-0.05, 0) is 12.8 Å². The molecule has 0 aromatic carbocycles. The number of hydrogen-bond donors (Lipinski definition) is 1. The van der Waals surface area contributed by atoms with Crippen LogP contribution in [0.25, 0.3) is 0 Å². The van der Waals surface area contributed by atoms with Gasteiger partial charge in [0, 0.05) is 18.1 Å². The van der Waals surface area contributed by atoms with Gasteiger partial charge >= 0.3 is 11.5 Å². The smallest absolute Gasteiger partial charge is 0.407 e. The Hall–Kier alpha value is -0.970. The Balaban J connectivity index is 2.41. The summed E-state index contributed by atoms with van der Waals surface area (Å²) in [5, 5.41) is 8.64. The lowest BCUT2D eigenvalue weighted by Crippen LogP contribution is -2.42. The Morgan fingerprint density at radius 2 is 2.23 bits per heavy atom. The van der Waals surface area contributed by atoms with Crippen LogP contribution in [0.5, 0.6) is 0 Å². The molecule has 1 atom stereocenters. The van der Waals surface area contributed by atoms with E-state index in [0.29, 0.717) is 19.4 Å². The van der Waals surface area contributed by atoms with E-state index in [1.54, 1.807) is 0 Å². The maximum absolute atomic E-state index is 10.5. The topological polar surface area (TPSA) is 66.8 Å². The molecule has 0 aliphatic carbocycles. The fourth-order valence-electron chi connectivity index (χ4n) is 1.34. The predicted molar refractivity (Wildman–Crippen MR) is 45.0 cm³/mol. The molecule has 1 rings (SSSR count). The van der Waals surface area contributed by atoms with Gasteiger partial charge < -0.3 is 14.7 Å². The van der Waals surface area contributed by atoms with Gasteiger partial charge in [0.15, 0.2) is 0 Å². The van der Waals surface area contributed by atoms with Crippen LogP contribution in [0.4, 0.5) is 9.59 Å². The standard InChI is InChI=1S/C7H10ClNO4/c8-6(10)13-5-2-1-3-9(4-5)7(11)12/h5H,1-4H2,(H,11,12). The Morgan fingerprint density at radius 3 is 2.77 bits per heavy atom. The number of carbonyl (C=O) groups is 2. The van der Waals surface area contributed by atoms with Crippen LogP contribution >= 0.6 is 11.6 Å². The van der Waals surface area contributed by atoms with Crippen molar-refractivity contribution < 1.29 is 19.4 Å². The molecule has 0 aromatic heterocycles. The molecule has 1 N–H and O–H groups in total. The Labute approximate surface area is 80.2 Å². The molecular formula is C7H10ClNO4. The van der Waals surface area contributed by atoms with Crippen molar-refractivity contribution in [3.63, 3.8) is 0 Å². The summed E-state index contributed by atoms with van der Waals surface area (Å²) in [4.78, 5) is 22.1. The zero-order valence-corrected chi connectivity index (χ0v) is 7.66. The molecule has 1 saturated heterocycles. The molecule has 0 bridgehead atoms. The summed E-state index contributed by atoms with van der Waals surface area (Å²) in [6.45, 7) is 0.708. The van der Waals surface area contributed by atoms with Gasteiger partial charge in [0.2, 0.25) is 0 Å². The first-order valence-corrected chi connectivity index (χ1v) is 4.31. The SMILES string of the molecule is O=C(Cl)OC1CCCN(C(=O)O)C1. The van der Waals surface area contributed by atoms with Gasteiger partial charge in [-0.15, -0.1) is 0 Å². The number of halogens is 1. The summed E-state index contributed by atoms with van der Waals surface area (Å²) < 4.78 is 4.69. The normalized spacial score (nSPS) is 22.5. The van der Waals surface area contributed by atoms with Crippen molar-refractivity contribution in [3.05, 3.63) is 0 Å². The van der Waals surface area contributed by atoms with Crippen molar-refractivity contribution in [1.82, 2.24) is 4.90 Å². The summed E-state index contributed by atoms with van der Waals surface area (Å²) in [7, 11) is 0. The molecule has 1 unspecified atom stereocenters. The Kier molecular flexibility index (Phi) is 3.36. The number of ether oxygens (including phenoxy) is 1. The molecule has 13 heavy (non-hydrogen) atoms. The van der Waals surface area contributed by atoms with Gasteiger partial charge in [-0.1, -0.05) is 0 Å². The largest absolute Gasteiger partial charge is 0.465 e. The fourth-order valence-corrected chi connectivity index (χ4v) is 1.47. The van der Waals surface area contributed by atoms with E-state index < -0.39 is 17.6 Å². The van der Waals surface area contributed by atoms with Crippen LogP contribution < -0.4 is 0 Å². The van der Waals surface area contributed by atoms with Crippen molar-refractivity contribution in [2.75, 3.05) is 13.1 Å². The van der Waals surface area contributed by atoms with Gasteiger partial charge in [-0.25, -0.2) is 9.59 Å². The van der Waals surface area contributed by atoms with Crippen LogP contribution in [0.2, 0.25) is 0 Å². The van der Waals surface area contributed by atoms with E-state index in [-0.39, 0.29) is 6.54 Å².